The molecule has 7 heteroatoms. The number of phenols is 1. The van der Waals surface area contributed by atoms with Crippen LogP contribution >= 0.6 is 24.8 Å². The smallest absolute Gasteiger partial charge is 0.115 e. The number of hydrogen-bond acceptors (Lipinski definition) is 4. The van der Waals surface area contributed by atoms with Crippen molar-refractivity contribution in [3.05, 3.63) is 95.6 Å². The third-order valence-electron chi connectivity index (χ3n) is 8.20. The van der Waals surface area contributed by atoms with Gasteiger partial charge in [-0.25, -0.2) is 0 Å². The molecule has 2 aliphatic heterocycles. The van der Waals surface area contributed by atoms with Gasteiger partial charge in [0.15, 0.2) is 0 Å². The fourth-order valence-electron chi connectivity index (χ4n) is 6.27. The van der Waals surface area contributed by atoms with Crippen LogP contribution in [-0.2, 0) is 0 Å². The van der Waals surface area contributed by atoms with Crippen LogP contribution in [0.4, 0.5) is 0 Å². The van der Waals surface area contributed by atoms with Crippen molar-refractivity contribution in [2.24, 2.45) is 11.8 Å². The molecule has 210 valence electrons. The van der Waals surface area contributed by atoms with Gasteiger partial charge in [0.05, 0.1) is 8.07 Å². The van der Waals surface area contributed by atoms with Crippen LogP contribution in [0.15, 0.2) is 78.9 Å². The zero-order chi connectivity index (χ0) is 25.8. The maximum atomic E-state index is 9.95. The lowest BCUT2D eigenvalue weighted by atomic mass is 9.87. The minimum Gasteiger partial charge on any atom is -0.508 e. The van der Waals surface area contributed by atoms with E-state index in [1.807, 2.05) is 18.2 Å². The van der Waals surface area contributed by atoms with Crippen molar-refractivity contribution in [3.8, 4) is 5.75 Å². The van der Waals surface area contributed by atoms with E-state index in [0.29, 0.717) is 6.42 Å². The van der Waals surface area contributed by atoms with Crippen molar-refractivity contribution >= 4 is 49.2 Å². The highest BCUT2D eigenvalue weighted by molar-refractivity contribution is 6.90. The number of nitrogens with one attached hydrogen (secondary N) is 1. The highest BCUT2D eigenvalue weighted by atomic mass is 35.5. The van der Waals surface area contributed by atoms with Crippen molar-refractivity contribution < 1.29 is 10.2 Å². The molecule has 2 aliphatic rings. The Balaban J connectivity index is 0.00000210. The van der Waals surface area contributed by atoms with Gasteiger partial charge in [-0.1, -0.05) is 85.0 Å². The molecule has 0 aliphatic carbocycles. The highest BCUT2D eigenvalue weighted by Crippen LogP contribution is 2.36. The molecular formula is C32H42Cl2N2O2Si. The SMILES string of the molecule is C[Si](C)(CN1C[C@H]2CNC[C@H]2C1)c1ccc(/C(=C(/CCCO)c2ccccc2)c2ccc(O)cc2)cc1.Cl.Cl. The van der Waals surface area contributed by atoms with Gasteiger partial charge in [-0.05, 0) is 83.9 Å². The van der Waals surface area contributed by atoms with Crippen molar-refractivity contribution in [1.82, 2.24) is 10.2 Å². The van der Waals surface area contributed by atoms with Crippen LogP contribution in [0.5, 0.6) is 5.75 Å². The number of benzene rings is 3. The number of halogens is 2. The number of likely N-dealkylation sites (tertiary alicyclic amines) is 1. The number of rotatable bonds is 9. The molecule has 0 aromatic heterocycles. The number of nitrogens with zero attached hydrogens (tertiary/aromatic N) is 1. The Bertz CT molecular complexity index is 1210. The summed E-state index contributed by atoms with van der Waals surface area (Å²) in [5.41, 5.74) is 5.83. The van der Waals surface area contributed by atoms with Gasteiger partial charge >= 0.3 is 0 Å². The zero-order valence-electron chi connectivity index (χ0n) is 23.0. The van der Waals surface area contributed by atoms with Crippen LogP contribution in [0, 0.1) is 11.8 Å². The largest absolute Gasteiger partial charge is 0.508 e. The Morgan fingerprint density at radius 3 is 1.95 bits per heavy atom. The van der Waals surface area contributed by atoms with Crippen LogP contribution in [0.2, 0.25) is 13.1 Å². The van der Waals surface area contributed by atoms with Gasteiger partial charge in [-0.2, -0.15) is 0 Å². The maximum absolute atomic E-state index is 9.95. The van der Waals surface area contributed by atoms with E-state index < -0.39 is 8.07 Å². The summed E-state index contributed by atoms with van der Waals surface area (Å²) in [6, 6.07) is 27.3. The van der Waals surface area contributed by atoms with Crippen molar-refractivity contribution in [2.75, 3.05) is 39.0 Å². The molecule has 3 aromatic rings. The molecule has 2 atom stereocenters. The molecule has 0 amide bonds. The lowest BCUT2D eigenvalue weighted by Crippen LogP contribution is -2.51. The second kappa shape index (κ2) is 14.0. The fraction of sp³-hybridized carbons (Fsp3) is 0.375. The van der Waals surface area contributed by atoms with E-state index in [1.165, 1.54) is 59.8 Å². The topological polar surface area (TPSA) is 55.7 Å². The number of fused-ring (bicyclic) bond motifs is 1. The summed E-state index contributed by atoms with van der Waals surface area (Å²) < 4.78 is 0. The average molecular weight is 586 g/mol. The molecule has 3 aromatic carbocycles. The van der Waals surface area contributed by atoms with E-state index >= 15 is 0 Å². The number of aliphatic hydroxyl groups is 1. The molecule has 4 nitrogen and oxygen atoms in total. The number of hydrogen-bond donors (Lipinski definition) is 3. The maximum Gasteiger partial charge on any atom is 0.115 e. The van der Waals surface area contributed by atoms with Gasteiger partial charge in [0.25, 0.3) is 0 Å². The van der Waals surface area contributed by atoms with Crippen LogP contribution in [0.1, 0.15) is 29.5 Å². The van der Waals surface area contributed by atoms with Crippen molar-refractivity contribution in [2.45, 2.75) is 25.9 Å². The molecule has 5 rings (SSSR count). The minimum atomic E-state index is -1.63. The number of aromatic hydroxyl groups is 1. The Hall–Kier alpha value is -2.12. The lowest BCUT2D eigenvalue weighted by Gasteiger charge is -2.30. The summed E-state index contributed by atoms with van der Waals surface area (Å²) in [5.74, 6) is 1.94. The zero-order valence-corrected chi connectivity index (χ0v) is 25.6. The molecule has 0 radical (unpaired) electrons. The molecular weight excluding hydrogens is 543 g/mol. The van der Waals surface area contributed by atoms with Gasteiger partial charge in [0, 0.05) is 19.7 Å². The summed E-state index contributed by atoms with van der Waals surface area (Å²) in [5, 5.41) is 24.7. The predicted molar refractivity (Wildman–Crippen MR) is 171 cm³/mol. The first-order valence-corrected chi connectivity index (χ1v) is 16.9. The first-order valence-electron chi connectivity index (χ1n) is 13.7. The highest BCUT2D eigenvalue weighted by Gasteiger charge is 2.38. The fourth-order valence-corrected chi connectivity index (χ4v) is 8.90. The molecule has 3 N–H and O–H groups in total. The van der Waals surface area contributed by atoms with Crippen molar-refractivity contribution in [1.29, 1.82) is 0 Å². The van der Waals surface area contributed by atoms with Gasteiger partial charge in [-0.15, -0.1) is 24.8 Å². The van der Waals surface area contributed by atoms with Gasteiger partial charge in [0.1, 0.15) is 5.75 Å². The Kier molecular flexibility index (Phi) is 11.3. The number of allylic oxidation sites excluding steroid dienone is 1. The Labute approximate surface area is 247 Å². The summed E-state index contributed by atoms with van der Waals surface area (Å²) in [4.78, 5) is 2.72. The monoisotopic (exact) mass is 584 g/mol. The average Bonchev–Trinajstić information content (AvgIpc) is 3.50. The summed E-state index contributed by atoms with van der Waals surface area (Å²) in [7, 11) is -1.63. The summed E-state index contributed by atoms with van der Waals surface area (Å²) in [6.45, 7) is 10.0. The minimum absolute atomic E-state index is 0. The predicted octanol–water partition coefficient (Wildman–Crippen LogP) is 5.57. The molecule has 39 heavy (non-hydrogen) atoms. The van der Waals surface area contributed by atoms with Crippen LogP contribution in [0.25, 0.3) is 11.1 Å². The number of aliphatic hydroxyl groups excluding tert-OH is 1. The van der Waals surface area contributed by atoms with Crippen LogP contribution in [0.3, 0.4) is 0 Å². The number of phenolic OH excluding ortho intramolecular Hbond substituents is 1. The Morgan fingerprint density at radius 1 is 0.821 bits per heavy atom. The second-order valence-corrected chi connectivity index (χ2v) is 16.1. The normalized spacial score (nSPS) is 19.6. The summed E-state index contributed by atoms with van der Waals surface area (Å²) in [6.07, 6.45) is 2.70. The van der Waals surface area contributed by atoms with E-state index in [4.69, 9.17) is 0 Å². The van der Waals surface area contributed by atoms with Crippen molar-refractivity contribution in [3.63, 3.8) is 0 Å². The summed E-state index contributed by atoms with van der Waals surface area (Å²) >= 11 is 0. The third kappa shape index (κ3) is 7.34. The first kappa shape index (κ1) is 31.4. The van der Waals surface area contributed by atoms with Gasteiger partial charge in [-0.3, -0.25) is 0 Å². The van der Waals surface area contributed by atoms with E-state index in [1.54, 1.807) is 12.1 Å². The molecule has 2 fully saturated rings. The standard InChI is InChI=1S/C32H40N2O2Si.2ClH/c1-37(2,23-34-21-27-19-33-20-28(27)22-34)30-16-12-26(13-17-30)32(25-10-14-29(36)15-11-25)31(9-6-18-35)24-7-4-3-5-8-24;;/h3-5,7-8,10-17,27-28,33,35-36H,6,9,18-23H2,1-2H3;2*1H/b32-31-;;/t27-,28+;;. The van der Waals surface area contributed by atoms with E-state index in [9.17, 15) is 10.2 Å². The molecule has 2 saturated heterocycles. The Morgan fingerprint density at radius 2 is 1.38 bits per heavy atom. The molecule has 2 heterocycles. The van der Waals surface area contributed by atoms with Gasteiger partial charge < -0.3 is 20.4 Å². The van der Waals surface area contributed by atoms with E-state index in [2.05, 4.69) is 71.8 Å². The quantitative estimate of drug-likeness (QED) is 0.227. The molecule has 0 spiro atoms. The molecule has 0 unspecified atom stereocenters. The first-order chi connectivity index (χ1) is 17.9. The lowest BCUT2D eigenvalue weighted by molar-refractivity contribution is 0.290. The molecule has 0 bridgehead atoms. The molecule has 0 saturated carbocycles. The third-order valence-corrected chi connectivity index (χ3v) is 11.3. The van der Waals surface area contributed by atoms with Crippen LogP contribution < -0.4 is 10.5 Å². The van der Waals surface area contributed by atoms with E-state index in [-0.39, 0.29) is 37.2 Å². The van der Waals surface area contributed by atoms with E-state index in [0.717, 1.165) is 23.8 Å². The van der Waals surface area contributed by atoms with Crippen LogP contribution in [-0.4, -0.2) is 62.1 Å². The second-order valence-electron chi connectivity index (χ2n) is 11.4. The van der Waals surface area contributed by atoms with Gasteiger partial charge in [0.2, 0.25) is 0 Å².